The Kier molecular flexibility index (Phi) is 2.70. The average Bonchev–Trinajstić information content (AvgIpc) is 2.49. The second-order valence-electron chi connectivity index (χ2n) is 2.42. The van der Waals surface area contributed by atoms with Crippen LogP contribution in [-0.2, 0) is 11.8 Å². The predicted molar refractivity (Wildman–Crippen MR) is 45.9 cm³/mol. The third-order valence-corrected chi connectivity index (χ3v) is 1.94. The van der Waals surface area contributed by atoms with Gasteiger partial charge in [0.05, 0.1) is 6.20 Å². The standard InChI is InChI=1S/C7H10ClN3O/c1-9-7(12)6(8)5-3-10-11(2)4-5/h3-4,6H,1-2H3,(H,9,12). The van der Waals surface area contributed by atoms with Gasteiger partial charge in [-0.1, -0.05) is 0 Å². The van der Waals surface area contributed by atoms with E-state index in [1.54, 1.807) is 31.2 Å². The van der Waals surface area contributed by atoms with Crippen LogP contribution in [0.2, 0.25) is 0 Å². The van der Waals surface area contributed by atoms with Crippen LogP contribution in [0.4, 0.5) is 0 Å². The van der Waals surface area contributed by atoms with E-state index in [-0.39, 0.29) is 5.91 Å². The molecule has 1 amide bonds. The average molecular weight is 188 g/mol. The Hall–Kier alpha value is -1.03. The molecule has 0 bridgehead atoms. The van der Waals surface area contributed by atoms with Crippen LogP contribution >= 0.6 is 11.6 Å². The Balaban J connectivity index is 2.77. The summed E-state index contributed by atoms with van der Waals surface area (Å²) in [5, 5.41) is 5.72. The molecule has 66 valence electrons. The van der Waals surface area contributed by atoms with Crippen molar-refractivity contribution in [1.29, 1.82) is 0 Å². The Labute approximate surface area is 75.5 Å². The molecule has 1 aromatic heterocycles. The van der Waals surface area contributed by atoms with E-state index in [4.69, 9.17) is 11.6 Å². The highest BCUT2D eigenvalue weighted by atomic mass is 35.5. The number of alkyl halides is 1. The maximum Gasteiger partial charge on any atom is 0.242 e. The van der Waals surface area contributed by atoms with Crippen molar-refractivity contribution in [3.05, 3.63) is 18.0 Å². The Bertz CT molecular complexity index is 284. The lowest BCUT2D eigenvalue weighted by atomic mass is 10.2. The van der Waals surface area contributed by atoms with Crippen molar-refractivity contribution in [2.45, 2.75) is 5.38 Å². The number of aromatic nitrogens is 2. The van der Waals surface area contributed by atoms with Crippen LogP contribution in [-0.4, -0.2) is 22.7 Å². The highest BCUT2D eigenvalue weighted by Crippen LogP contribution is 2.18. The first kappa shape index (κ1) is 9.06. The number of nitrogens with one attached hydrogen (secondary N) is 1. The van der Waals surface area contributed by atoms with Crippen LogP contribution in [0.3, 0.4) is 0 Å². The number of carbonyl (C=O) groups is 1. The fourth-order valence-electron chi connectivity index (χ4n) is 0.849. The van der Waals surface area contributed by atoms with Gasteiger partial charge in [-0.2, -0.15) is 5.10 Å². The lowest BCUT2D eigenvalue weighted by Crippen LogP contribution is -2.22. The van der Waals surface area contributed by atoms with Crippen molar-refractivity contribution >= 4 is 17.5 Å². The number of aryl methyl sites for hydroxylation is 1. The largest absolute Gasteiger partial charge is 0.358 e. The van der Waals surface area contributed by atoms with Gasteiger partial charge in [-0.05, 0) is 0 Å². The van der Waals surface area contributed by atoms with E-state index in [9.17, 15) is 4.79 Å². The van der Waals surface area contributed by atoms with Crippen LogP contribution in [0.1, 0.15) is 10.9 Å². The number of hydrogen-bond acceptors (Lipinski definition) is 2. The van der Waals surface area contributed by atoms with Gasteiger partial charge >= 0.3 is 0 Å². The minimum absolute atomic E-state index is 0.218. The third kappa shape index (κ3) is 1.76. The second kappa shape index (κ2) is 3.58. The molecule has 0 aromatic carbocycles. The topological polar surface area (TPSA) is 46.9 Å². The number of likely N-dealkylation sites (N-methyl/N-ethyl adjacent to an activating group) is 1. The van der Waals surface area contributed by atoms with Crippen LogP contribution in [0, 0.1) is 0 Å². The summed E-state index contributed by atoms with van der Waals surface area (Å²) in [5.41, 5.74) is 0.707. The second-order valence-corrected chi connectivity index (χ2v) is 2.86. The molecule has 1 N–H and O–H groups in total. The van der Waals surface area contributed by atoms with E-state index in [0.29, 0.717) is 5.56 Å². The molecule has 0 saturated heterocycles. The van der Waals surface area contributed by atoms with E-state index < -0.39 is 5.38 Å². The number of carbonyl (C=O) groups excluding carboxylic acids is 1. The van der Waals surface area contributed by atoms with Gasteiger partial charge in [-0.25, -0.2) is 0 Å². The summed E-state index contributed by atoms with van der Waals surface area (Å²) < 4.78 is 1.60. The summed E-state index contributed by atoms with van der Waals surface area (Å²) in [5.74, 6) is -0.218. The van der Waals surface area contributed by atoms with Gasteiger partial charge in [0.2, 0.25) is 5.91 Å². The molecule has 0 saturated carbocycles. The molecule has 0 aliphatic heterocycles. The van der Waals surface area contributed by atoms with Crippen LogP contribution in [0.5, 0.6) is 0 Å². The molecular formula is C7H10ClN3O. The number of amides is 1. The molecule has 1 atom stereocenters. The molecule has 1 aromatic rings. The molecule has 0 fully saturated rings. The summed E-state index contributed by atoms with van der Waals surface area (Å²) in [6.45, 7) is 0. The van der Waals surface area contributed by atoms with Gasteiger partial charge in [0.1, 0.15) is 5.38 Å². The molecule has 1 rings (SSSR count). The molecule has 12 heavy (non-hydrogen) atoms. The quantitative estimate of drug-likeness (QED) is 0.684. The molecule has 0 aliphatic rings. The normalized spacial score (nSPS) is 12.6. The van der Waals surface area contributed by atoms with Gasteiger partial charge in [0, 0.05) is 25.9 Å². The molecule has 0 radical (unpaired) electrons. The van der Waals surface area contributed by atoms with Crippen LogP contribution in [0.15, 0.2) is 12.4 Å². The summed E-state index contributed by atoms with van der Waals surface area (Å²) in [4.78, 5) is 11.0. The zero-order valence-electron chi connectivity index (χ0n) is 6.91. The van der Waals surface area contributed by atoms with E-state index in [1.807, 2.05) is 0 Å². The van der Waals surface area contributed by atoms with Crippen molar-refractivity contribution in [2.24, 2.45) is 7.05 Å². The minimum atomic E-state index is -0.649. The van der Waals surface area contributed by atoms with Crippen LogP contribution in [0.25, 0.3) is 0 Å². The first-order valence-corrected chi connectivity index (χ1v) is 3.93. The lowest BCUT2D eigenvalue weighted by molar-refractivity contribution is -0.120. The van der Waals surface area contributed by atoms with Crippen molar-refractivity contribution in [3.8, 4) is 0 Å². The lowest BCUT2D eigenvalue weighted by Gasteiger charge is -2.03. The molecular weight excluding hydrogens is 178 g/mol. The monoisotopic (exact) mass is 187 g/mol. The third-order valence-electron chi connectivity index (χ3n) is 1.49. The van der Waals surface area contributed by atoms with Gasteiger partial charge in [-0.3, -0.25) is 9.48 Å². The summed E-state index contributed by atoms with van der Waals surface area (Å²) in [6, 6.07) is 0. The maximum atomic E-state index is 11.0. The number of halogens is 1. The number of rotatable bonds is 2. The van der Waals surface area contributed by atoms with Crippen molar-refractivity contribution in [2.75, 3.05) is 7.05 Å². The smallest absolute Gasteiger partial charge is 0.242 e. The van der Waals surface area contributed by atoms with E-state index >= 15 is 0 Å². The summed E-state index contributed by atoms with van der Waals surface area (Å²) in [7, 11) is 3.32. The number of hydrogen-bond donors (Lipinski definition) is 1. The fraction of sp³-hybridized carbons (Fsp3) is 0.429. The van der Waals surface area contributed by atoms with E-state index in [2.05, 4.69) is 10.4 Å². The molecule has 5 heteroatoms. The van der Waals surface area contributed by atoms with Gasteiger partial charge < -0.3 is 5.32 Å². The van der Waals surface area contributed by atoms with E-state index in [0.717, 1.165) is 0 Å². The predicted octanol–water partition coefficient (Wildman–Crippen LogP) is 0.446. The Morgan fingerprint density at radius 3 is 2.92 bits per heavy atom. The molecule has 1 heterocycles. The van der Waals surface area contributed by atoms with Crippen molar-refractivity contribution in [1.82, 2.24) is 15.1 Å². The Morgan fingerprint density at radius 1 is 1.83 bits per heavy atom. The minimum Gasteiger partial charge on any atom is -0.358 e. The summed E-state index contributed by atoms with van der Waals surface area (Å²) >= 11 is 5.80. The molecule has 4 nitrogen and oxygen atoms in total. The summed E-state index contributed by atoms with van der Waals surface area (Å²) in [6.07, 6.45) is 3.29. The molecule has 0 spiro atoms. The zero-order chi connectivity index (χ0) is 9.14. The molecule has 0 aliphatic carbocycles. The van der Waals surface area contributed by atoms with E-state index in [1.165, 1.54) is 0 Å². The van der Waals surface area contributed by atoms with Crippen molar-refractivity contribution < 1.29 is 4.79 Å². The first-order chi connectivity index (χ1) is 5.65. The van der Waals surface area contributed by atoms with Gasteiger partial charge in [0.25, 0.3) is 0 Å². The molecule has 1 unspecified atom stereocenters. The van der Waals surface area contributed by atoms with Gasteiger partial charge in [0.15, 0.2) is 0 Å². The maximum absolute atomic E-state index is 11.0. The highest BCUT2D eigenvalue weighted by molar-refractivity contribution is 6.30. The SMILES string of the molecule is CNC(=O)C(Cl)c1cnn(C)c1. The first-order valence-electron chi connectivity index (χ1n) is 3.49. The Morgan fingerprint density at radius 2 is 2.50 bits per heavy atom. The van der Waals surface area contributed by atoms with Gasteiger partial charge in [-0.15, -0.1) is 11.6 Å². The number of nitrogens with zero attached hydrogens (tertiary/aromatic N) is 2. The highest BCUT2D eigenvalue weighted by Gasteiger charge is 2.16. The fourth-order valence-corrected chi connectivity index (χ4v) is 1.07. The zero-order valence-corrected chi connectivity index (χ0v) is 7.67. The van der Waals surface area contributed by atoms with Crippen molar-refractivity contribution in [3.63, 3.8) is 0 Å². The van der Waals surface area contributed by atoms with Crippen LogP contribution < -0.4 is 5.32 Å².